The van der Waals surface area contributed by atoms with Gasteiger partial charge in [-0.15, -0.1) is 5.10 Å². The predicted octanol–water partition coefficient (Wildman–Crippen LogP) is 4.75. The van der Waals surface area contributed by atoms with Gasteiger partial charge in [0, 0.05) is 16.6 Å². The molecular formula is C23H28N4O3S. The Kier molecular flexibility index (Phi) is 6.59. The van der Waals surface area contributed by atoms with Crippen LogP contribution >= 0.6 is 11.5 Å². The fourth-order valence-corrected chi connectivity index (χ4v) is 3.62. The SMILES string of the molecule is CCC(C)(C)NC(=O)[C@@H](c1ccc(C)o1)N(C(=O)c1csnn1)c1cc(C)ccc1C. The molecule has 7 nitrogen and oxygen atoms in total. The molecule has 0 radical (unpaired) electrons. The van der Waals surface area contributed by atoms with Crippen LogP contribution in [-0.4, -0.2) is 26.9 Å². The molecule has 0 fully saturated rings. The molecule has 1 aromatic carbocycles. The van der Waals surface area contributed by atoms with Gasteiger partial charge < -0.3 is 9.73 Å². The Morgan fingerprint density at radius 1 is 1.19 bits per heavy atom. The van der Waals surface area contributed by atoms with Gasteiger partial charge in [-0.1, -0.05) is 23.5 Å². The van der Waals surface area contributed by atoms with E-state index in [1.807, 2.05) is 59.7 Å². The second kappa shape index (κ2) is 9.01. The molecule has 0 spiro atoms. The number of amides is 2. The first-order chi connectivity index (χ1) is 14.6. The van der Waals surface area contributed by atoms with Crippen LogP contribution in [0.15, 0.2) is 40.1 Å². The highest BCUT2D eigenvalue weighted by molar-refractivity contribution is 7.03. The number of aromatic nitrogens is 2. The number of anilines is 1. The fraction of sp³-hybridized carbons (Fsp3) is 0.391. The van der Waals surface area contributed by atoms with Crippen molar-refractivity contribution in [3.8, 4) is 0 Å². The van der Waals surface area contributed by atoms with Gasteiger partial charge in [0.25, 0.3) is 11.8 Å². The predicted molar refractivity (Wildman–Crippen MR) is 121 cm³/mol. The number of aryl methyl sites for hydroxylation is 3. The van der Waals surface area contributed by atoms with Crippen LogP contribution in [0.2, 0.25) is 0 Å². The number of carbonyl (C=O) groups is 2. The summed E-state index contributed by atoms with van der Waals surface area (Å²) in [6, 6.07) is 8.32. The number of rotatable bonds is 7. The number of nitrogens with zero attached hydrogens (tertiary/aromatic N) is 3. The van der Waals surface area contributed by atoms with E-state index >= 15 is 0 Å². The number of benzene rings is 1. The minimum Gasteiger partial charge on any atom is -0.464 e. The minimum atomic E-state index is -1.01. The number of hydrogen-bond donors (Lipinski definition) is 1. The molecule has 0 aliphatic heterocycles. The zero-order chi connectivity index (χ0) is 22.8. The summed E-state index contributed by atoms with van der Waals surface area (Å²) < 4.78 is 9.70. The first kappa shape index (κ1) is 22.7. The molecular weight excluding hydrogens is 412 g/mol. The van der Waals surface area contributed by atoms with Crippen molar-refractivity contribution in [2.45, 2.75) is 59.5 Å². The summed E-state index contributed by atoms with van der Waals surface area (Å²) in [6.45, 7) is 11.6. The van der Waals surface area contributed by atoms with Crippen molar-refractivity contribution in [2.24, 2.45) is 0 Å². The van der Waals surface area contributed by atoms with Crippen LogP contribution in [0.25, 0.3) is 0 Å². The van der Waals surface area contributed by atoms with Gasteiger partial charge in [0.05, 0.1) is 0 Å². The van der Waals surface area contributed by atoms with E-state index in [4.69, 9.17) is 4.42 Å². The number of carbonyl (C=O) groups excluding carboxylic acids is 2. The molecule has 0 aliphatic carbocycles. The third-order valence-corrected chi connectivity index (χ3v) is 5.81. The lowest BCUT2D eigenvalue weighted by Gasteiger charge is -2.33. The zero-order valence-electron chi connectivity index (χ0n) is 18.7. The lowest BCUT2D eigenvalue weighted by molar-refractivity contribution is -0.124. The van der Waals surface area contributed by atoms with Crippen LogP contribution in [0.4, 0.5) is 5.69 Å². The van der Waals surface area contributed by atoms with Crippen LogP contribution in [0, 0.1) is 20.8 Å². The summed E-state index contributed by atoms with van der Waals surface area (Å²) in [7, 11) is 0. The summed E-state index contributed by atoms with van der Waals surface area (Å²) in [4.78, 5) is 28.7. The molecule has 0 saturated carbocycles. The maximum absolute atomic E-state index is 13.6. The highest BCUT2D eigenvalue weighted by Crippen LogP contribution is 2.34. The average Bonchev–Trinajstić information content (AvgIpc) is 3.39. The molecule has 3 rings (SSSR count). The van der Waals surface area contributed by atoms with Gasteiger partial charge in [0.2, 0.25) is 0 Å². The normalized spacial score (nSPS) is 12.5. The van der Waals surface area contributed by atoms with Gasteiger partial charge in [-0.2, -0.15) is 0 Å². The maximum Gasteiger partial charge on any atom is 0.280 e. The summed E-state index contributed by atoms with van der Waals surface area (Å²) in [6.07, 6.45) is 0.732. The second-order valence-electron chi connectivity index (χ2n) is 8.33. The van der Waals surface area contributed by atoms with Crippen molar-refractivity contribution in [2.75, 3.05) is 4.90 Å². The molecule has 2 amide bonds. The molecule has 2 heterocycles. The smallest absolute Gasteiger partial charge is 0.280 e. The lowest BCUT2D eigenvalue weighted by atomic mass is 10.00. The van der Waals surface area contributed by atoms with Crippen molar-refractivity contribution >= 4 is 29.0 Å². The molecule has 0 saturated heterocycles. The molecule has 1 N–H and O–H groups in total. The van der Waals surface area contributed by atoms with E-state index in [0.29, 0.717) is 17.2 Å². The summed E-state index contributed by atoms with van der Waals surface area (Å²) in [5.41, 5.74) is 2.19. The number of furan rings is 1. The first-order valence-electron chi connectivity index (χ1n) is 10.2. The number of nitrogens with one attached hydrogen (secondary N) is 1. The molecule has 3 aromatic rings. The van der Waals surface area contributed by atoms with Crippen molar-refractivity contribution in [3.63, 3.8) is 0 Å². The van der Waals surface area contributed by atoms with Crippen LogP contribution in [0.3, 0.4) is 0 Å². The Morgan fingerprint density at radius 3 is 2.52 bits per heavy atom. The quantitative estimate of drug-likeness (QED) is 0.573. The zero-order valence-corrected chi connectivity index (χ0v) is 19.5. The van der Waals surface area contributed by atoms with E-state index in [9.17, 15) is 9.59 Å². The largest absolute Gasteiger partial charge is 0.464 e. The van der Waals surface area contributed by atoms with Crippen molar-refractivity contribution in [1.82, 2.24) is 14.9 Å². The van der Waals surface area contributed by atoms with Crippen molar-refractivity contribution < 1.29 is 14.0 Å². The van der Waals surface area contributed by atoms with Gasteiger partial charge in [-0.3, -0.25) is 14.5 Å². The van der Waals surface area contributed by atoms with E-state index in [1.54, 1.807) is 17.5 Å². The van der Waals surface area contributed by atoms with Gasteiger partial charge in [-0.05, 0) is 81.9 Å². The lowest BCUT2D eigenvalue weighted by Crippen LogP contribution is -2.50. The third-order valence-electron chi connectivity index (χ3n) is 5.30. The van der Waals surface area contributed by atoms with E-state index in [2.05, 4.69) is 14.9 Å². The monoisotopic (exact) mass is 440 g/mol. The molecule has 2 aromatic heterocycles. The topological polar surface area (TPSA) is 88.3 Å². The van der Waals surface area contributed by atoms with E-state index in [1.165, 1.54) is 4.90 Å². The molecule has 164 valence electrons. The van der Waals surface area contributed by atoms with Gasteiger partial charge in [0.1, 0.15) is 11.5 Å². The number of hydrogen-bond acceptors (Lipinski definition) is 6. The third kappa shape index (κ3) is 5.02. The summed E-state index contributed by atoms with van der Waals surface area (Å²) in [5.74, 6) is 0.315. The Balaban J connectivity index is 2.20. The Labute approximate surface area is 186 Å². The second-order valence-corrected chi connectivity index (χ2v) is 8.94. The van der Waals surface area contributed by atoms with Crippen molar-refractivity contribution in [1.29, 1.82) is 0 Å². The van der Waals surface area contributed by atoms with Crippen LogP contribution < -0.4 is 10.2 Å². The summed E-state index contributed by atoms with van der Waals surface area (Å²) in [5, 5.41) is 8.62. The van der Waals surface area contributed by atoms with E-state index in [0.717, 1.165) is 29.1 Å². The van der Waals surface area contributed by atoms with Crippen LogP contribution in [0.5, 0.6) is 0 Å². The Morgan fingerprint density at radius 2 is 1.94 bits per heavy atom. The van der Waals surface area contributed by atoms with Crippen LogP contribution in [0.1, 0.15) is 66.4 Å². The standard InChI is InChI=1S/C23H28N4O3S/c1-7-23(5,6)24-21(28)20(19-11-10-16(4)30-19)27(22(29)17-13-31-26-25-17)18-12-14(2)8-9-15(18)3/h8-13,20H,7H2,1-6H3,(H,24,28)/t20-/m1/s1. The van der Waals surface area contributed by atoms with E-state index in [-0.39, 0.29) is 11.6 Å². The van der Waals surface area contributed by atoms with Gasteiger partial charge in [-0.25, -0.2) is 0 Å². The summed E-state index contributed by atoms with van der Waals surface area (Å²) >= 11 is 1.09. The fourth-order valence-electron chi connectivity index (χ4n) is 3.19. The highest BCUT2D eigenvalue weighted by atomic mass is 32.1. The van der Waals surface area contributed by atoms with Crippen molar-refractivity contribution in [3.05, 3.63) is 64.1 Å². The Bertz CT molecular complexity index is 1070. The highest BCUT2D eigenvalue weighted by Gasteiger charge is 2.38. The molecule has 31 heavy (non-hydrogen) atoms. The molecule has 8 heteroatoms. The maximum atomic E-state index is 13.6. The minimum absolute atomic E-state index is 0.182. The average molecular weight is 441 g/mol. The molecule has 0 unspecified atom stereocenters. The first-order valence-corrected chi connectivity index (χ1v) is 11.0. The van der Waals surface area contributed by atoms with Crippen LogP contribution in [-0.2, 0) is 4.79 Å². The molecule has 0 aliphatic rings. The Hall–Kier alpha value is -3.00. The van der Waals surface area contributed by atoms with Gasteiger partial charge in [0.15, 0.2) is 11.7 Å². The molecule has 0 bridgehead atoms. The molecule has 1 atom stereocenters. The van der Waals surface area contributed by atoms with Gasteiger partial charge >= 0.3 is 0 Å². The van der Waals surface area contributed by atoms with E-state index < -0.39 is 17.5 Å².